The average molecular weight is 255 g/mol. The summed E-state index contributed by atoms with van der Waals surface area (Å²) in [6, 6.07) is 1.97. The van der Waals surface area contributed by atoms with Gasteiger partial charge in [-0.1, -0.05) is 0 Å². The zero-order valence-electron chi connectivity index (χ0n) is 10.6. The Bertz CT molecular complexity index is 343. The molecule has 1 aliphatic heterocycles. The summed E-state index contributed by atoms with van der Waals surface area (Å²) in [7, 11) is 4.24. The summed E-state index contributed by atoms with van der Waals surface area (Å²) < 4.78 is 4.13. The first-order chi connectivity index (χ1) is 8.15. The van der Waals surface area contributed by atoms with Gasteiger partial charge in [0, 0.05) is 45.3 Å². The molecule has 0 bridgehead atoms. The summed E-state index contributed by atoms with van der Waals surface area (Å²) in [6.45, 7) is 6.71. The van der Waals surface area contributed by atoms with Crippen LogP contribution in [0.5, 0.6) is 0 Å². The Morgan fingerprint density at radius 3 is 2.59 bits per heavy atom. The third-order valence-electron chi connectivity index (χ3n) is 3.06. The molecule has 0 saturated carbocycles. The molecule has 5 nitrogen and oxygen atoms in total. The number of nitrogen functional groups attached to an aromatic ring is 1. The van der Waals surface area contributed by atoms with Gasteiger partial charge in [-0.3, -0.25) is 4.90 Å². The van der Waals surface area contributed by atoms with Gasteiger partial charge in [-0.05, 0) is 25.6 Å². The summed E-state index contributed by atoms with van der Waals surface area (Å²) >= 11 is 1.50. The van der Waals surface area contributed by atoms with Gasteiger partial charge in [-0.25, -0.2) is 0 Å². The minimum absolute atomic E-state index is 0.639. The van der Waals surface area contributed by atoms with Crippen molar-refractivity contribution in [2.75, 3.05) is 64.0 Å². The van der Waals surface area contributed by atoms with Crippen molar-refractivity contribution in [3.63, 3.8) is 0 Å². The molecule has 0 atom stereocenters. The maximum Gasteiger partial charge on any atom is 0.139 e. The molecule has 2 heterocycles. The Labute approximate surface area is 107 Å². The smallest absolute Gasteiger partial charge is 0.139 e. The third-order valence-corrected chi connectivity index (χ3v) is 3.93. The second-order valence-electron chi connectivity index (χ2n) is 4.72. The highest BCUT2D eigenvalue weighted by molar-refractivity contribution is 7.10. The molecule has 0 aromatic carbocycles. The minimum atomic E-state index is 0.639. The van der Waals surface area contributed by atoms with Crippen molar-refractivity contribution in [3.05, 3.63) is 6.07 Å². The second-order valence-corrected chi connectivity index (χ2v) is 5.51. The molecule has 0 spiro atoms. The van der Waals surface area contributed by atoms with E-state index in [9.17, 15) is 0 Å². The summed E-state index contributed by atoms with van der Waals surface area (Å²) in [5.41, 5.74) is 5.65. The molecule has 2 rings (SSSR count). The molecule has 0 unspecified atom stereocenters. The van der Waals surface area contributed by atoms with Crippen molar-refractivity contribution in [2.24, 2.45) is 0 Å². The summed E-state index contributed by atoms with van der Waals surface area (Å²) in [5.74, 6) is 0.639. The van der Waals surface area contributed by atoms with Gasteiger partial charge in [0.15, 0.2) is 0 Å². The predicted octanol–water partition coefficient (Wildman–Crippen LogP) is 0.409. The quantitative estimate of drug-likeness (QED) is 0.844. The zero-order valence-corrected chi connectivity index (χ0v) is 11.4. The van der Waals surface area contributed by atoms with E-state index < -0.39 is 0 Å². The highest BCUT2D eigenvalue weighted by Gasteiger charge is 2.18. The number of hydrogen-bond donors (Lipinski definition) is 1. The molecule has 17 heavy (non-hydrogen) atoms. The fraction of sp³-hybridized carbons (Fsp3) is 0.727. The van der Waals surface area contributed by atoms with Crippen LogP contribution in [-0.2, 0) is 0 Å². The van der Waals surface area contributed by atoms with E-state index in [1.165, 1.54) is 16.5 Å². The van der Waals surface area contributed by atoms with Crippen molar-refractivity contribution in [1.29, 1.82) is 0 Å². The van der Waals surface area contributed by atoms with Gasteiger partial charge in [0.1, 0.15) is 10.8 Å². The highest BCUT2D eigenvalue weighted by Crippen LogP contribution is 2.23. The van der Waals surface area contributed by atoms with E-state index in [1.54, 1.807) is 0 Å². The Balaban J connectivity index is 1.78. The SMILES string of the molecule is CN(C)CCN1CCN(c2cc(N)ns2)CC1. The van der Waals surface area contributed by atoms with E-state index in [0.29, 0.717) is 5.82 Å². The second kappa shape index (κ2) is 5.66. The molecule has 2 N–H and O–H groups in total. The normalized spacial score (nSPS) is 17.9. The molecule has 1 saturated heterocycles. The lowest BCUT2D eigenvalue weighted by Crippen LogP contribution is -2.47. The number of anilines is 2. The first kappa shape index (κ1) is 12.6. The maximum atomic E-state index is 5.65. The van der Waals surface area contributed by atoms with Crippen LogP contribution >= 0.6 is 11.5 Å². The molecule has 1 aromatic heterocycles. The lowest BCUT2D eigenvalue weighted by Gasteiger charge is -2.35. The Morgan fingerprint density at radius 2 is 2.06 bits per heavy atom. The summed E-state index contributed by atoms with van der Waals surface area (Å²) in [6.07, 6.45) is 0. The number of rotatable bonds is 4. The van der Waals surface area contributed by atoms with Gasteiger partial charge in [-0.15, -0.1) is 0 Å². The van der Waals surface area contributed by atoms with E-state index in [4.69, 9.17) is 5.73 Å². The molecule has 1 aliphatic rings. The fourth-order valence-corrected chi connectivity index (χ4v) is 2.68. The van der Waals surface area contributed by atoms with Crippen LogP contribution in [0.25, 0.3) is 0 Å². The number of nitrogens with two attached hydrogens (primary N) is 1. The van der Waals surface area contributed by atoms with Crippen molar-refractivity contribution < 1.29 is 0 Å². The Morgan fingerprint density at radius 1 is 1.35 bits per heavy atom. The van der Waals surface area contributed by atoms with Crippen LogP contribution in [0.2, 0.25) is 0 Å². The van der Waals surface area contributed by atoms with Crippen LogP contribution in [0.4, 0.5) is 10.8 Å². The van der Waals surface area contributed by atoms with E-state index in [1.807, 2.05) is 6.07 Å². The van der Waals surface area contributed by atoms with E-state index in [-0.39, 0.29) is 0 Å². The van der Waals surface area contributed by atoms with Crippen LogP contribution in [0, 0.1) is 0 Å². The Hall–Kier alpha value is -0.850. The first-order valence-electron chi connectivity index (χ1n) is 5.99. The van der Waals surface area contributed by atoms with Crippen molar-refractivity contribution in [3.8, 4) is 0 Å². The van der Waals surface area contributed by atoms with Crippen LogP contribution in [0.1, 0.15) is 0 Å². The van der Waals surface area contributed by atoms with Crippen molar-refractivity contribution in [1.82, 2.24) is 14.2 Å². The molecule has 1 aromatic rings. The highest BCUT2D eigenvalue weighted by atomic mass is 32.1. The van der Waals surface area contributed by atoms with E-state index in [2.05, 4.69) is 33.2 Å². The van der Waals surface area contributed by atoms with Crippen molar-refractivity contribution >= 4 is 22.4 Å². The maximum absolute atomic E-state index is 5.65. The monoisotopic (exact) mass is 255 g/mol. The molecule has 96 valence electrons. The summed E-state index contributed by atoms with van der Waals surface area (Å²) in [4.78, 5) is 7.12. The molecule has 1 fully saturated rings. The van der Waals surface area contributed by atoms with Gasteiger partial charge in [0.25, 0.3) is 0 Å². The average Bonchev–Trinajstić information content (AvgIpc) is 2.74. The van der Waals surface area contributed by atoms with E-state index >= 15 is 0 Å². The van der Waals surface area contributed by atoms with Crippen LogP contribution < -0.4 is 10.6 Å². The molecule has 0 radical (unpaired) electrons. The molecule has 0 amide bonds. The largest absolute Gasteiger partial charge is 0.383 e. The fourth-order valence-electron chi connectivity index (χ4n) is 1.96. The lowest BCUT2D eigenvalue weighted by molar-refractivity contribution is 0.230. The zero-order chi connectivity index (χ0) is 12.3. The molecule has 6 heteroatoms. The minimum Gasteiger partial charge on any atom is -0.383 e. The van der Waals surface area contributed by atoms with Gasteiger partial charge in [0.2, 0.25) is 0 Å². The summed E-state index contributed by atoms with van der Waals surface area (Å²) in [5, 5.41) is 1.20. The van der Waals surface area contributed by atoms with Crippen LogP contribution in [0.3, 0.4) is 0 Å². The number of piperazine rings is 1. The molecular formula is C11H21N5S. The first-order valence-corrected chi connectivity index (χ1v) is 6.77. The number of aromatic nitrogens is 1. The topological polar surface area (TPSA) is 48.6 Å². The van der Waals surface area contributed by atoms with Gasteiger partial charge < -0.3 is 15.5 Å². The van der Waals surface area contributed by atoms with Crippen LogP contribution in [-0.4, -0.2) is 67.5 Å². The van der Waals surface area contributed by atoms with Gasteiger partial charge in [-0.2, -0.15) is 4.37 Å². The standard InChI is InChI=1S/C11H21N5S/c1-14(2)3-4-15-5-7-16(8-6-15)11-9-10(12)13-17-11/h9H,3-8H2,1-2H3,(H2,12,13). The number of nitrogens with zero attached hydrogens (tertiary/aromatic N) is 4. The van der Waals surface area contributed by atoms with Crippen LogP contribution in [0.15, 0.2) is 6.07 Å². The number of hydrogen-bond acceptors (Lipinski definition) is 6. The molecule has 0 aliphatic carbocycles. The molecular weight excluding hydrogens is 234 g/mol. The third kappa shape index (κ3) is 3.55. The number of likely N-dealkylation sites (N-methyl/N-ethyl adjacent to an activating group) is 1. The van der Waals surface area contributed by atoms with E-state index in [0.717, 1.165) is 39.3 Å². The van der Waals surface area contributed by atoms with Crippen molar-refractivity contribution in [2.45, 2.75) is 0 Å². The van der Waals surface area contributed by atoms with Gasteiger partial charge >= 0.3 is 0 Å². The predicted molar refractivity (Wildman–Crippen MR) is 73.7 cm³/mol. The van der Waals surface area contributed by atoms with Gasteiger partial charge in [0.05, 0.1) is 0 Å². The lowest BCUT2D eigenvalue weighted by atomic mass is 10.3. The Kier molecular flexibility index (Phi) is 4.20.